The normalized spacial score (nSPS) is 12.2. The summed E-state index contributed by atoms with van der Waals surface area (Å²) in [5.74, 6) is 1.83. The Morgan fingerprint density at radius 2 is 1.16 bits per heavy atom. The molecule has 0 aliphatic carbocycles. The Labute approximate surface area is 260 Å². The highest BCUT2D eigenvalue weighted by molar-refractivity contribution is 6.28. The quantitative estimate of drug-likeness (QED) is 0.184. The van der Waals surface area contributed by atoms with Gasteiger partial charge >= 0.3 is 0 Å². The molecule has 5 heteroatoms. The van der Waals surface area contributed by atoms with Crippen LogP contribution < -0.4 is 0 Å². The molecule has 0 unspecified atom stereocenters. The van der Waals surface area contributed by atoms with Crippen molar-refractivity contribution in [2.75, 3.05) is 0 Å². The summed E-state index contributed by atoms with van der Waals surface area (Å²) in [5, 5.41) is 4.75. The maximum atomic E-state index is 5.09. The number of hydrogen-bond acceptors (Lipinski definition) is 3. The molecule has 0 N–H and O–H groups in total. The first kappa shape index (κ1) is 26.5. The topological polar surface area (TPSA) is 48.5 Å². The van der Waals surface area contributed by atoms with Crippen LogP contribution in [-0.2, 0) is 0 Å². The van der Waals surface area contributed by atoms with Crippen molar-refractivity contribution in [3.05, 3.63) is 158 Å². The predicted octanol–water partition coefficient (Wildman–Crippen LogP) is 9.88. The first-order valence-electron chi connectivity index (χ1n) is 15.0. The molecule has 5 nitrogen and oxygen atoms in total. The zero-order valence-corrected chi connectivity index (χ0v) is 24.8. The van der Waals surface area contributed by atoms with Crippen molar-refractivity contribution >= 4 is 49.2 Å². The highest BCUT2D eigenvalue weighted by Crippen LogP contribution is 2.42. The van der Waals surface area contributed by atoms with E-state index >= 15 is 0 Å². The van der Waals surface area contributed by atoms with Gasteiger partial charge in [0.15, 0.2) is 11.6 Å². The van der Waals surface area contributed by atoms with Crippen molar-refractivity contribution in [2.24, 2.45) is 0 Å². The molecule has 0 atom stereocenters. The summed E-state index contributed by atoms with van der Waals surface area (Å²) < 4.78 is 4.54. The Balaban J connectivity index is 1.48. The molecule has 0 saturated heterocycles. The number of aromatic nitrogens is 5. The minimum Gasteiger partial charge on any atom is -0.309 e. The van der Waals surface area contributed by atoms with E-state index in [2.05, 4.69) is 107 Å². The zero-order chi connectivity index (χ0) is 30.3. The molecule has 0 fully saturated rings. The van der Waals surface area contributed by atoms with E-state index in [4.69, 9.17) is 15.0 Å². The summed E-state index contributed by atoms with van der Waals surface area (Å²) in [6.45, 7) is 5.81. The van der Waals surface area contributed by atoms with E-state index < -0.39 is 0 Å². The smallest absolute Gasteiger partial charge is 0.238 e. The maximum Gasteiger partial charge on any atom is 0.238 e. The highest BCUT2D eigenvalue weighted by Gasteiger charge is 2.22. The van der Waals surface area contributed by atoms with Crippen LogP contribution in [0.2, 0.25) is 0 Å². The van der Waals surface area contributed by atoms with Gasteiger partial charge < -0.3 is 4.57 Å². The van der Waals surface area contributed by atoms with Crippen molar-refractivity contribution in [3.8, 4) is 23.0 Å². The number of benzene rings is 5. The Hall–Kier alpha value is -6.07. The first-order valence-corrected chi connectivity index (χ1v) is 15.0. The van der Waals surface area contributed by atoms with Crippen LogP contribution in [0.5, 0.6) is 0 Å². The van der Waals surface area contributed by atoms with Gasteiger partial charge in [-0.25, -0.2) is 4.98 Å². The van der Waals surface area contributed by atoms with Crippen molar-refractivity contribution in [1.29, 1.82) is 0 Å². The Morgan fingerprint density at radius 3 is 1.82 bits per heavy atom. The Bertz CT molecular complexity index is 2440. The van der Waals surface area contributed by atoms with Crippen LogP contribution >= 0.6 is 0 Å². The Kier molecular flexibility index (Phi) is 6.42. The second-order valence-electron chi connectivity index (χ2n) is 11.0. The standard InChI is InChI=1S/C40H29N5/c1-3-4-7-16-27(2)38-41-39(28-17-8-5-9-18-28)43-40(42-38)45-33-24-15-13-22-31(33)37-35(45)26-25-34-36(37)30-21-12-14-23-32(30)44(34)29-19-10-6-11-20-29/h3-26H,1H2,2H3/b7-4-,27-16+. The second-order valence-corrected chi connectivity index (χ2v) is 11.0. The van der Waals surface area contributed by atoms with Crippen molar-refractivity contribution < 1.29 is 0 Å². The van der Waals surface area contributed by atoms with Gasteiger partial charge in [-0.3, -0.25) is 4.57 Å². The van der Waals surface area contributed by atoms with Gasteiger partial charge in [-0.2, -0.15) is 9.97 Å². The maximum absolute atomic E-state index is 5.09. The summed E-state index contributed by atoms with van der Waals surface area (Å²) in [6.07, 6.45) is 7.61. The van der Waals surface area contributed by atoms with Gasteiger partial charge in [-0.15, -0.1) is 0 Å². The lowest BCUT2D eigenvalue weighted by atomic mass is 10.1. The minimum atomic E-state index is 0.580. The van der Waals surface area contributed by atoms with Gasteiger partial charge in [0.25, 0.3) is 0 Å². The molecule has 3 heterocycles. The van der Waals surface area contributed by atoms with E-state index in [9.17, 15) is 0 Å². The predicted molar refractivity (Wildman–Crippen MR) is 187 cm³/mol. The lowest BCUT2D eigenvalue weighted by molar-refractivity contribution is 0.930. The number of nitrogens with zero attached hydrogens (tertiary/aromatic N) is 5. The van der Waals surface area contributed by atoms with Crippen LogP contribution in [0.25, 0.3) is 72.2 Å². The minimum absolute atomic E-state index is 0.580. The largest absolute Gasteiger partial charge is 0.309 e. The van der Waals surface area contributed by atoms with Crippen molar-refractivity contribution in [2.45, 2.75) is 6.92 Å². The molecule has 0 aliphatic heterocycles. The van der Waals surface area contributed by atoms with Crippen molar-refractivity contribution in [1.82, 2.24) is 24.1 Å². The molecule has 3 aromatic heterocycles. The lowest BCUT2D eigenvalue weighted by Crippen LogP contribution is -2.07. The van der Waals surface area contributed by atoms with Gasteiger partial charge in [0.05, 0.1) is 22.1 Å². The molecule has 0 amide bonds. The molecule has 0 spiro atoms. The van der Waals surface area contributed by atoms with E-state index in [1.165, 1.54) is 21.7 Å². The second kappa shape index (κ2) is 10.9. The number of allylic oxidation sites excluding steroid dienone is 5. The number of fused-ring (bicyclic) bond motifs is 7. The molecule has 8 rings (SSSR count). The molecular weight excluding hydrogens is 550 g/mol. The van der Waals surface area contributed by atoms with E-state index in [1.54, 1.807) is 6.08 Å². The van der Waals surface area contributed by atoms with Crippen LogP contribution in [0, 0.1) is 0 Å². The Morgan fingerprint density at radius 1 is 0.578 bits per heavy atom. The summed E-state index contributed by atoms with van der Waals surface area (Å²) >= 11 is 0. The fraction of sp³-hybridized carbons (Fsp3) is 0.0250. The van der Waals surface area contributed by atoms with Gasteiger partial charge in [0.1, 0.15) is 0 Å². The number of rotatable bonds is 6. The van der Waals surface area contributed by atoms with E-state index in [-0.39, 0.29) is 0 Å². The SMILES string of the molecule is C=C/C=C\C=C(/C)c1nc(-c2ccccc2)nc(-n2c3ccccc3c3c4c5ccccc5n(-c5ccccc5)c4ccc32)n1. The fourth-order valence-corrected chi connectivity index (χ4v) is 6.30. The van der Waals surface area contributed by atoms with Gasteiger partial charge in [-0.1, -0.05) is 116 Å². The van der Waals surface area contributed by atoms with Gasteiger partial charge in [0, 0.05) is 32.8 Å². The summed E-state index contributed by atoms with van der Waals surface area (Å²) in [5.41, 5.74) is 7.42. The molecule has 5 aromatic carbocycles. The highest BCUT2D eigenvalue weighted by atomic mass is 15.2. The van der Waals surface area contributed by atoms with E-state index in [1.807, 2.05) is 55.5 Å². The van der Waals surface area contributed by atoms with Crippen LogP contribution in [-0.4, -0.2) is 24.1 Å². The number of para-hydroxylation sites is 3. The average molecular weight is 580 g/mol. The van der Waals surface area contributed by atoms with Crippen LogP contribution in [0.4, 0.5) is 0 Å². The third-order valence-electron chi connectivity index (χ3n) is 8.29. The zero-order valence-electron chi connectivity index (χ0n) is 24.8. The van der Waals surface area contributed by atoms with Crippen LogP contribution in [0.15, 0.2) is 152 Å². The first-order chi connectivity index (χ1) is 22.2. The number of hydrogen-bond donors (Lipinski definition) is 0. The van der Waals surface area contributed by atoms with E-state index in [0.29, 0.717) is 17.6 Å². The molecule has 0 saturated carbocycles. The summed E-state index contributed by atoms with van der Waals surface area (Å²) in [6, 6.07) is 42.3. The fourth-order valence-electron chi connectivity index (χ4n) is 6.30. The molecule has 0 radical (unpaired) electrons. The molecule has 0 bridgehead atoms. The third kappa shape index (κ3) is 4.36. The molecule has 8 aromatic rings. The molecule has 214 valence electrons. The van der Waals surface area contributed by atoms with Gasteiger partial charge in [0.2, 0.25) is 5.95 Å². The van der Waals surface area contributed by atoms with Gasteiger partial charge in [-0.05, 0) is 48.9 Å². The summed E-state index contributed by atoms with van der Waals surface area (Å²) in [7, 11) is 0. The third-order valence-corrected chi connectivity index (χ3v) is 8.29. The average Bonchev–Trinajstić information content (AvgIpc) is 3.62. The van der Waals surface area contributed by atoms with Crippen LogP contribution in [0.1, 0.15) is 12.7 Å². The monoisotopic (exact) mass is 579 g/mol. The summed E-state index contributed by atoms with van der Waals surface area (Å²) in [4.78, 5) is 15.1. The van der Waals surface area contributed by atoms with E-state index in [0.717, 1.165) is 38.8 Å². The molecular formula is C40H29N5. The lowest BCUT2D eigenvalue weighted by Gasteiger charge is -2.11. The van der Waals surface area contributed by atoms with Crippen LogP contribution in [0.3, 0.4) is 0 Å². The molecule has 0 aliphatic rings. The molecule has 45 heavy (non-hydrogen) atoms. The van der Waals surface area contributed by atoms with Crippen molar-refractivity contribution in [3.63, 3.8) is 0 Å².